The van der Waals surface area contributed by atoms with Crippen molar-refractivity contribution in [2.75, 3.05) is 0 Å². The lowest BCUT2D eigenvalue weighted by molar-refractivity contribution is 0.102. The van der Waals surface area contributed by atoms with Crippen molar-refractivity contribution in [2.24, 2.45) is 0 Å². The fraction of sp³-hybridized carbons (Fsp3) is 0.0968. The van der Waals surface area contributed by atoms with Crippen LogP contribution in [0.5, 0.6) is 0 Å². The molecule has 0 saturated heterocycles. The predicted molar refractivity (Wildman–Crippen MR) is 160 cm³/mol. The van der Waals surface area contributed by atoms with Crippen LogP contribution in [0, 0.1) is 5.82 Å². The minimum absolute atomic E-state index is 0.00629. The van der Waals surface area contributed by atoms with Crippen LogP contribution in [-0.4, -0.2) is 40.9 Å². The average Bonchev–Trinajstić information content (AvgIpc) is 3.76. The van der Waals surface area contributed by atoms with Gasteiger partial charge in [0.05, 0.1) is 32.4 Å². The maximum atomic E-state index is 16.2. The van der Waals surface area contributed by atoms with Crippen molar-refractivity contribution in [2.45, 2.75) is 20.0 Å². The summed E-state index contributed by atoms with van der Waals surface area (Å²) in [4.78, 5) is 34.6. The van der Waals surface area contributed by atoms with Crippen LogP contribution in [0.2, 0.25) is 0 Å². The number of carbonyl (C=O) groups is 1. The highest BCUT2D eigenvalue weighted by atomic mass is 32.1. The van der Waals surface area contributed by atoms with E-state index >= 15 is 4.39 Å². The number of rotatable bonds is 8. The molecule has 7 aromatic rings. The van der Waals surface area contributed by atoms with Crippen molar-refractivity contribution < 1.29 is 9.18 Å². The van der Waals surface area contributed by atoms with E-state index in [0.29, 0.717) is 51.8 Å². The third kappa shape index (κ3) is 4.74. The second-order valence-electron chi connectivity index (χ2n) is 9.81. The van der Waals surface area contributed by atoms with E-state index < -0.39 is 5.82 Å². The van der Waals surface area contributed by atoms with E-state index in [1.807, 2.05) is 30.3 Å². The second kappa shape index (κ2) is 10.7. The van der Waals surface area contributed by atoms with Crippen molar-refractivity contribution in [3.8, 4) is 33.3 Å². The van der Waals surface area contributed by atoms with Crippen molar-refractivity contribution in [1.29, 1.82) is 0 Å². The first-order chi connectivity index (χ1) is 20.5. The molecule has 0 saturated carbocycles. The Kier molecular flexibility index (Phi) is 6.57. The Morgan fingerprint density at radius 1 is 0.929 bits per heavy atom. The van der Waals surface area contributed by atoms with E-state index in [0.717, 1.165) is 16.0 Å². The van der Waals surface area contributed by atoms with E-state index in [4.69, 9.17) is 4.98 Å². The molecule has 206 valence electrons. The molecule has 42 heavy (non-hydrogen) atoms. The number of H-pyrrole nitrogens is 2. The number of aromatic amines is 2. The van der Waals surface area contributed by atoms with Crippen LogP contribution in [-0.2, 0) is 13.1 Å². The number of carbonyl (C=O) groups excluding carboxylic acids is 1. The molecule has 0 bridgehead atoms. The Morgan fingerprint density at radius 3 is 2.62 bits per heavy atom. The first kappa shape index (κ1) is 25.8. The highest BCUT2D eigenvalue weighted by Gasteiger charge is 2.22. The Bertz CT molecular complexity index is 2080. The molecule has 0 fully saturated rings. The first-order valence-electron chi connectivity index (χ1n) is 13.2. The molecule has 6 heterocycles. The van der Waals surface area contributed by atoms with Gasteiger partial charge in [0.2, 0.25) is 0 Å². The highest BCUT2D eigenvalue weighted by molar-refractivity contribution is 7.17. The van der Waals surface area contributed by atoms with Crippen LogP contribution in [0.15, 0.2) is 79.4 Å². The first-order valence-corrected chi connectivity index (χ1v) is 14.0. The number of hydrogen-bond donors (Lipinski definition) is 3. The Labute approximate surface area is 242 Å². The third-order valence-electron chi connectivity index (χ3n) is 6.93. The SMILES string of the molecule is CC(=O)c1ccc(-c2nccc3[nH]c(-c4n[nH]c5cnc(-c6cncc(CNCc7ccccc7)c6)c(F)c45)nc23)s1. The number of Topliss-reactive ketones (excluding diaryl/α,β-unsaturated/α-hetero) is 1. The molecule has 0 aliphatic carbocycles. The summed E-state index contributed by atoms with van der Waals surface area (Å²) in [6.45, 7) is 2.82. The molecule has 7 rings (SSSR count). The summed E-state index contributed by atoms with van der Waals surface area (Å²) in [5.41, 5.74) is 5.58. The number of imidazole rings is 1. The summed E-state index contributed by atoms with van der Waals surface area (Å²) in [7, 11) is 0. The molecule has 0 atom stereocenters. The van der Waals surface area contributed by atoms with Gasteiger partial charge in [-0.2, -0.15) is 5.10 Å². The quantitative estimate of drug-likeness (QED) is 0.181. The van der Waals surface area contributed by atoms with Gasteiger partial charge in [-0.3, -0.25) is 24.8 Å². The molecule has 0 amide bonds. The number of thiophene rings is 1. The van der Waals surface area contributed by atoms with Gasteiger partial charge in [-0.25, -0.2) is 9.37 Å². The maximum Gasteiger partial charge on any atom is 0.169 e. The lowest BCUT2D eigenvalue weighted by Crippen LogP contribution is -2.12. The normalized spacial score (nSPS) is 11.5. The van der Waals surface area contributed by atoms with Gasteiger partial charge in [-0.15, -0.1) is 11.3 Å². The summed E-state index contributed by atoms with van der Waals surface area (Å²) >= 11 is 1.36. The standard InChI is InChI=1S/C31H23FN8OS/c1-17(41)23-7-8-24(42-23)29-28-21(9-10-35-29)37-31(38-28)30-25-22(39-40-30)16-36-27(26(25)32)20-11-19(14-34-15-20)13-33-12-18-5-3-2-4-6-18/h2-11,14-16,33H,12-13H2,1H3,(H,37,38)(H,39,40). The number of nitrogens with one attached hydrogen (secondary N) is 3. The Balaban J connectivity index is 1.23. The van der Waals surface area contributed by atoms with E-state index in [9.17, 15) is 4.79 Å². The smallest absolute Gasteiger partial charge is 0.169 e. The topological polar surface area (TPSA) is 125 Å². The number of hydrogen-bond acceptors (Lipinski definition) is 8. The predicted octanol–water partition coefficient (Wildman–Crippen LogP) is 6.32. The molecule has 3 N–H and O–H groups in total. The van der Waals surface area contributed by atoms with Crippen molar-refractivity contribution in [3.05, 3.63) is 101 Å². The molecule has 11 heteroatoms. The van der Waals surface area contributed by atoms with Crippen LogP contribution in [0.3, 0.4) is 0 Å². The number of nitrogens with zero attached hydrogens (tertiary/aromatic N) is 5. The monoisotopic (exact) mass is 574 g/mol. The summed E-state index contributed by atoms with van der Waals surface area (Å²) in [6.07, 6.45) is 6.60. The zero-order chi connectivity index (χ0) is 28.6. The van der Waals surface area contributed by atoms with Crippen LogP contribution in [0.1, 0.15) is 27.7 Å². The molecular formula is C31H23FN8OS. The van der Waals surface area contributed by atoms with E-state index in [1.54, 1.807) is 36.9 Å². The lowest BCUT2D eigenvalue weighted by Gasteiger charge is -2.08. The van der Waals surface area contributed by atoms with Gasteiger partial charge in [0.1, 0.15) is 22.6 Å². The molecule has 0 aliphatic heterocycles. The van der Waals surface area contributed by atoms with Crippen molar-refractivity contribution >= 4 is 39.1 Å². The number of halogens is 1. The van der Waals surface area contributed by atoms with E-state index in [-0.39, 0.29) is 16.9 Å². The van der Waals surface area contributed by atoms with Gasteiger partial charge in [0.15, 0.2) is 17.4 Å². The van der Waals surface area contributed by atoms with Crippen LogP contribution in [0.25, 0.3) is 55.3 Å². The lowest BCUT2D eigenvalue weighted by atomic mass is 10.1. The number of ketones is 1. The van der Waals surface area contributed by atoms with Gasteiger partial charge in [-0.1, -0.05) is 30.3 Å². The van der Waals surface area contributed by atoms with Gasteiger partial charge < -0.3 is 10.3 Å². The molecule has 1 aromatic carbocycles. The van der Waals surface area contributed by atoms with E-state index in [1.165, 1.54) is 23.8 Å². The third-order valence-corrected chi connectivity index (χ3v) is 8.12. The number of benzene rings is 1. The number of aromatic nitrogens is 7. The van der Waals surface area contributed by atoms with Gasteiger partial charge in [0.25, 0.3) is 0 Å². The molecule has 0 unspecified atom stereocenters. The summed E-state index contributed by atoms with van der Waals surface area (Å²) < 4.78 is 16.2. The summed E-state index contributed by atoms with van der Waals surface area (Å²) in [6, 6.07) is 17.4. The minimum atomic E-state index is -0.518. The fourth-order valence-electron chi connectivity index (χ4n) is 4.89. The van der Waals surface area contributed by atoms with E-state index in [2.05, 4.69) is 47.6 Å². The van der Waals surface area contributed by atoms with Crippen LogP contribution >= 0.6 is 11.3 Å². The van der Waals surface area contributed by atoms with Crippen molar-refractivity contribution in [1.82, 2.24) is 40.4 Å². The molecule has 0 aliphatic rings. The largest absolute Gasteiger partial charge is 0.336 e. The maximum absolute atomic E-state index is 16.2. The van der Waals surface area contributed by atoms with Crippen LogP contribution in [0.4, 0.5) is 4.39 Å². The highest BCUT2D eigenvalue weighted by Crippen LogP contribution is 2.35. The Hall–Kier alpha value is -5.13. The van der Waals surface area contributed by atoms with Gasteiger partial charge >= 0.3 is 0 Å². The Morgan fingerprint density at radius 2 is 1.79 bits per heavy atom. The molecular weight excluding hydrogens is 551 g/mol. The van der Waals surface area contributed by atoms with Crippen molar-refractivity contribution in [3.63, 3.8) is 0 Å². The number of fused-ring (bicyclic) bond motifs is 2. The van der Waals surface area contributed by atoms with Crippen LogP contribution < -0.4 is 5.32 Å². The van der Waals surface area contributed by atoms with Gasteiger partial charge in [-0.05, 0) is 42.3 Å². The summed E-state index contributed by atoms with van der Waals surface area (Å²) in [5, 5.41) is 10.9. The second-order valence-corrected chi connectivity index (χ2v) is 10.9. The molecule has 0 radical (unpaired) electrons. The summed E-state index contributed by atoms with van der Waals surface area (Å²) in [5.74, 6) is -0.134. The fourth-order valence-corrected chi connectivity index (χ4v) is 5.79. The van der Waals surface area contributed by atoms with Gasteiger partial charge in [0, 0.05) is 37.2 Å². The molecule has 9 nitrogen and oxygen atoms in total. The average molecular weight is 575 g/mol. The molecule has 0 spiro atoms. The zero-order valence-corrected chi connectivity index (χ0v) is 23.2. The zero-order valence-electron chi connectivity index (χ0n) is 22.4. The molecule has 6 aromatic heterocycles. The number of pyridine rings is 3. The minimum Gasteiger partial charge on any atom is -0.336 e.